The van der Waals surface area contributed by atoms with Gasteiger partial charge in [-0.3, -0.25) is 20.4 Å². The number of anilines is 1. The quantitative estimate of drug-likeness (QED) is 0.393. The molecule has 0 radical (unpaired) electrons. The van der Waals surface area contributed by atoms with Crippen molar-refractivity contribution in [2.24, 2.45) is 5.73 Å². The summed E-state index contributed by atoms with van der Waals surface area (Å²) < 4.78 is 0. The van der Waals surface area contributed by atoms with Crippen LogP contribution in [0, 0.1) is 5.41 Å². The number of rotatable bonds is 3. The molecule has 1 aliphatic rings. The molecule has 6 heteroatoms. The van der Waals surface area contributed by atoms with Gasteiger partial charge < -0.3 is 5.73 Å². The third-order valence-corrected chi connectivity index (χ3v) is 2.26. The van der Waals surface area contributed by atoms with E-state index in [4.69, 9.17) is 11.1 Å². The van der Waals surface area contributed by atoms with Crippen molar-refractivity contribution in [2.75, 3.05) is 5.43 Å². The van der Waals surface area contributed by atoms with Gasteiger partial charge in [0.1, 0.15) is 5.84 Å². The molecule has 0 spiro atoms. The smallest absolute Gasteiger partial charge is 0.272 e. The topological polar surface area (TPSA) is 99.3 Å². The Kier molecular flexibility index (Phi) is 2.61. The minimum absolute atomic E-state index is 0.139. The van der Waals surface area contributed by atoms with Gasteiger partial charge in [0, 0.05) is 17.7 Å². The molecule has 4 N–H and O–H groups in total. The molecule has 0 saturated heterocycles. The van der Waals surface area contributed by atoms with Crippen LogP contribution in [0.5, 0.6) is 0 Å². The first kappa shape index (κ1) is 10.9. The fourth-order valence-electron chi connectivity index (χ4n) is 1.45. The van der Waals surface area contributed by atoms with E-state index in [2.05, 4.69) is 5.43 Å². The van der Waals surface area contributed by atoms with Crippen LogP contribution in [0.25, 0.3) is 0 Å². The number of amidine groups is 1. The van der Waals surface area contributed by atoms with Crippen LogP contribution in [0.4, 0.5) is 5.69 Å². The zero-order valence-corrected chi connectivity index (χ0v) is 8.81. The fourth-order valence-corrected chi connectivity index (χ4v) is 1.45. The lowest BCUT2D eigenvalue weighted by molar-refractivity contribution is -0.135. The number of benzene rings is 1. The van der Waals surface area contributed by atoms with Crippen LogP contribution in [0.3, 0.4) is 0 Å². The Morgan fingerprint density at radius 1 is 1.18 bits per heavy atom. The first-order valence-corrected chi connectivity index (χ1v) is 4.86. The molecule has 1 aliphatic heterocycles. The highest BCUT2D eigenvalue weighted by Gasteiger charge is 2.24. The zero-order valence-electron chi connectivity index (χ0n) is 8.81. The van der Waals surface area contributed by atoms with Crippen molar-refractivity contribution in [3.63, 3.8) is 0 Å². The Morgan fingerprint density at radius 3 is 2.35 bits per heavy atom. The van der Waals surface area contributed by atoms with E-state index in [9.17, 15) is 9.59 Å². The molecule has 1 aromatic rings. The average molecular weight is 230 g/mol. The lowest BCUT2D eigenvalue weighted by Gasteiger charge is -2.18. The summed E-state index contributed by atoms with van der Waals surface area (Å²) in [6.45, 7) is 0. The van der Waals surface area contributed by atoms with Crippen molar-refractivity contribution in [1.29, 1.82) is 5.41 Å². The van der Waals surface area contributed by atoms with Crippen LogP contribution in [-0.4, -0.2) is 22.7 Å². The third-order valence-electron chi connectivity index (χ3n) is 2.26. The number of carbonyl (C=O) groups excluding carboxylic acids is 2. The summed E-state index contributed by atoms with van der Waals surface area (Å²) in [5, 5.41) is 8.25. The molecule has 0 aromatic heterocycles. The van der Waals surface area contributed by atoms with Crippen molar-refractivity contribution in [3.05, 3.63) is 42.0 Å². The summed E-state index contributed by atoms with van der Waals surface area (Å²) in [4.78, 5) is 22.7. The van der Waals surface area contributed by atoms with E-state index < -0.39 is 11.8 Å². The maximum atomic E-state index is 11.3. The minimum atomic E-state index is -0.451. The number of nitrogens with one attached hydrogen (secondary N) is 2. The molecule has 0 unspecified atom stereocenters. The summed E-state index contributed by atoms with van der Waals surface area (Å²) in [5.74, 6) is -1.04. The molecular weight excluding hydrogens is 220 g/mol. The average Bonchev–Trinajstić information content (AvgIpc) is 2.61. The number of amides is 2. The highest BCUT2D eigenvalue weighted by Crippen LogP contribution is 2.16. The van der Waals surface area contributed by atoms with Crippen molar-refractivity contribution in [1.82, 2.24) is 5.01 Å². The number of hydrogen-bond donors (Lipinski definition) is 3. The molecule has 17 heavy (non-hydrogen) atoms. The standard InChI is InChI=1S/C11H10N4O2/c12-11(13)7-3-1-2-4-8(7)14-15-9(16)5-6-10(15)17/h1-6,14H,(H3,12,13). The predicted octanol–water partition coefficient (Wildman–Crippen LogP) is 0.223. The molecule has 0 atom stereocenters. The maximum absolute atomic E-state index is 11.3. The first-order chi connectivity index (χ1) is 8.09. The Balaban J connectivity index is 2.28. The van der Waals surface area contributed by atoms with E-state index in [1.54, 1.807) is 24.3 Å². The van der Waals surface area contributed by atoms with E-state index in [1.165, 1.54) is 12.2 Å². The molecule has 2 amide bonds. The Hall–Kier alpha value is -2.63. The Labute approximate surface area is 97.2 Å². The van der Waals surface area contributed by atoms with Gasteiger partial charge in [0.15, 0.2) is 0 Å². The first-order valence-electron chi connectivity index (χ1n) is 4.86. The monoisotopic (exact) mass is 230 g/mol. The molecule has 0 aliphatic carbocycles. The molecular formula is C11H10N4O2. The second kappa shape index (κ2) is 4.09. The third kappa shape index (κ3) is 2.00. The van der Waals surface area contributed by atoms with Gasteiger partial charge in [-0.15, -0.1) is 0 Å². The van der Waals surface area contributed by atoms with Crippen molar-refractivity contribution < 1.29 is 9.59 Å². The second-order valence-corrected chi connectivity index (χ2v) is 3.42. The van der Waals surface area contributed by atoms with Gasteiger partial charge in [0.2, 0.25) is 0 Å². The number of para-hydroxylation sites is 1. The molecule has 0 fully saturated rings. The van der Waals surface area contributed by atoms with E-state index in [-0.39, 0.29) is 5.84 Å². The Bertz CT molecular complexity index is 518. The molecule has 0 saturated carbocycles. The summed E-state index contributed by atoms with van der Waals surface area (Å²) in [6.07, 6.45) is 2.34. The number of carbonyl (C=O) groups is 2. The van der Waals surface area contributed by atoms with E-state index in [0.717, 1.165) is 5.01 Å². The van der Waals surface area contributed by atoms with E-state index in [1.807, 2.05) is 0 Å². The normalized spacial score (nSPS) is 14.2. The maximum Gasteiger partial charge on any atom is 0.272 e. The van der Waals surface area contributed by atoms with Crippen LogP contribution in [0.15, 0.2) is 36.4 Å². The van der Waals surface area contributed by atoms with Crippen LogP contribution < -0.4 is 11.2 Å². The highest BCUT2D eigenvalue weighted by molar-refractivity contribution is 6.14. The van der Waals surface area contributed by atoms with Gasteiger partial charge in [-0.2, -0.15) is 5.01 Å². The van der Waals surface area contributed by atoms with Gasteiger partial charge >= 0.3 is 0 Å². The van der Waals surface area contributed by atoms with Gasteiger partial charge in [-0.25, -0.2) is 0 Å². The highest BCUT2D eigenvalue weighted by atomic mass is 16.2. The van der Waals surface area contributed by atoms with Gasteiger partial charge in [-0.05, 0) is 12.1 Å². The largest absolute Gasteiger partial charge is 0.384 e. The zero-order chi connectivity index (χ0) is 12.4. The van der Waals surface area contributed by atoms with Crippen LogP contribution in [0.1, 0.15) is 5.56 Å². The van der Waals surface area contributed by atoms with Crippen LogP contribution in [-0.2, 0) is 9.59 Å². The molecule has 1 aromatic carbocycles. The number of nitrogens with two attached hydrogens (primary N) is 1. The number of nitrogens with zero attached hydrogens (tertiary/aromatic N) is 1. The molecule has 86 valence electrons. The van der Waals surface area contributed by atoms with Gasteiger partial charge in [0.05, 0.1) is 5.69 Å². The summed E-state index contributed by atoms with van der Waals surface area (Å²) in [5.41, 5.74) is 8.90. The van der Waals surface area contributed by atoms with Crippen LogP contribution in [0.2, 0.25) is 0 Å². The van der Waals surface area contributed by atoms with E-state index >= 15 is 0 Å². The number of nitrogen functional groups attached to an aromatic ring is 1. The second-order valence-electron chi connectivity index (χ2n) is 3.42. The van der Waals surface area contributed by atoms with E-state index in [0.29, 0.717) is 11.3 Å². The van der Waals surface area contributed by atoms with Crippen molar-refractivity contribution in [2.45, 2.75) is 0 Å². The molecule has 2 rings (SSSR count). The lowest BCUT2D eigenvalue weighted by atomic mass is 10.1. The van der Waals surface area contributed by atoms with Gasteiger partial charge in [0.25, 0.3) is 11.8 Å². The summed E-state index contributed by atoms with van der Waals surface area (Å²) in [6, 6.07) is 6.69. The summed E-state index contributed by atoms with van der Waals surface area (Å²) in [7, 11) is 0. The molecule has 0 bridgehead atoms. The van der Waals surface area contributed by atoms with Gasteiger partial charge in [-0.1, -0.05) is 12.1 Å². The lowest BCUT2D eigenvalue weighted by Crippen LogP contribution is -2.36. The molecule has 1 heterocycles. The SMILES string of the molecule is N=C(N)c1ccccc1NN1C(=O)C=CC1=O. The number of imide groups is 1. The number of hydrogen-bond acceptors (Lipinski definition) is 4. The van der Waals surface area contributed by atoms with Crippen molar-refractivity contribution >= 4 is 23.3 Å². The summed E-state index contributed by atoms with van der Waals surface area (Å²) >= 11 is 0. The van der Waals surface area contributed by atoms with Crippen molar-refractivity contribution in [3.8, 4) is 0 Å². The van der Waals surface area contributed by atoms with Crippen LogP contribution >= 0.6 is 0 Å². The number of hydrazine groups is 1. The predicted molar refractivity (Wildman–Crippen MR) is 62.1 cm³/mol. The fraction of sp³-hybridized carbons (Fsp3) is 0. The minimum Gasteiger partial charge on any atom is -0.384 e. The Morgan fingerprint density at radius 2 is 1.76 bits per heavy atom. The molecule has 6 nitrogen and oxygen atoms in total.